The Morgan fingerprint density at radius 3 is 2.18 bits per heavy atom. The number of aliphatic hydroxyl groups excluding tert-OH is 1. The molecule has 1 aromatic rings. The lowest BCUT2D eigenvalue weighted by Crippen LogP contribution is -2.36. The molecule has 1 saturated carbocycles. The number of thiol groups is 1. The average molecular weight is 319 g/mol. The second-order valence-electron chi connectivity index (χ2n) is 6.12. The first-order valence-electron chi connectivity index (χ1n) is 7.75. The highest BCUT2D eigenvalue weighted by Gasteiger charge is 2.36. The summed E-state index contributed by atoms with van der Waals surface area (Å²) in [6.45, 7) is 2.27. The Kier molecular flexibility index (Phi) is 4.45. The largest absolute Gasteiger partial charge is 0.360 e. The highest BCUT2D eigenvalue weighted by molar-refractivity contribution is 7.98. The summed E-state index contributed by atoms with van der Waals surface area (Å²) in [4.78, 5) is 26.1. The Morgan fingerprint density at radius 1 is 1.14 bits per heavy atom. The molecule has 1 N–H and O–H groups in total. The van der Waals surface area contributed by atoms with Crippen molar-refractivity contribution >= 4 is 28.2 Å². The van der Waals surface area contributed by atoms with Gasteiger partial charge in [-0.05, 0) is 55.9 Å². The second kappa shape index (κ2) is 6.34. The van der Waals surface area contributed by atoms with E-state index in [2.05, 4.69) is 0 Å². The van der Waals surface area contributed by atoms with Crippen molar-refractivity contribution in [3.8, 4) is 0 Å². The van der Waals surface area contributed by atoms with E-state index in [0.29, 0.717) is 33.9 Å². The average Bonchev–Trinajstić information content (AvgIpc) is 2.74. The van der Waals surface area contributed by atoms with Gasteiger partial charge in [0.2, 0.25) is 0 Å². The zero-order valence-corrected chi connectivity index (χ0v) is 13.6. The van der Waals surface area contributed by atoms with E-state index in [1.807, 2.05) is 0 Å². The molecule has 0 unspecified atom stereocenters. The molecule has 4 nitrogen and oxygen atoms in total. The molecule has 2 aliphatic rings. The highest BCUT2D eigenvalue weighted by Crippen LogP contribution is 2.32. The van der Waals surface area contributed by atoms with Crippen LogP contribution in [0, 0.1) is 5.92 Å². The summed E-state index contributed by atoms with van der Waals surface area (Å²) in [5, 5.41) is 10.4. The fraction of sp³-hybridized carbons (Fsp3) is 0.471. The van der Waals surface area contributed by atoms with E-state index in [4.69, 9.17) is 0 Å². The molecule has 2 amide bonds. The molecule has 1 fully saturated rings. The van der Waals surface area contributed by atoms with Crippen LogP contribution in [0.25, 0.3) is 0 Å². The highest BCUT2D eigenvalue weighted by atomic mass is 32.1. The van der Waals surface area contributed by atoms with E-state index in [-0.39, 0.29) is 11.8 Å². The minimum absolute atomic E-state index is 0.152. The minimum Gasteiger partial charge on any atom is -0.360 e. The number of hydrogen-bond acceptors (Lipinski definition) is 2. The van der Waals surface area contributed by atoms with Gasteiger partial charge in [0.25, 0.3) is 11.8 Å². The summed E-state index contributed by atoms with van der Waals surface area (Å²) in [6.07, 6.45) is 4.12. The number of benzene rings is 1. The van der Waals surface area contributed by atoms with Crippen LogP contribution < -0.4 is 0 Å². The summed E-state index contributed by atoms with van der Waals surface area (Å²) in [6, 6.07) is 7.05. The number of carbonyl (C=O) groups excluding carboxylic acids is 2. The fourth-order valence-corrected chi connectivity index (χ4v) is 4.47. The monoisotopic (exact) mass is 319 g/mol. The second-order valence-corrected chi connectivity index (χ2v) is 7.75. The van der Waals surface area contributed by atoms with Crippen LogP contribution in [0.2, 0.25) is 0 Å². The molecule has 5 heteroatoms. The van der Waals surface area contributed by atoms with E-state index in [1.54, 1.807) is 31.2 Å². The van der Waals surface area contributed by atoms with Crippen LogP contribution in [0.15, 0.2) is 24.3 Å². The first-order chi connectivity index (χ1) is 10.6. The zero-order chi connectivity index (χ0) is 15.7. The van der Waals surface area contributed by atoms with Gasteiger partial charge in [-0.2, -0.15) is 11.4 Å². The first-order valence-corrected chi connectivity index (χ1v) is 8.71. The van der Waals surface area contributed by atoms with Gasteiger partial charge in [0.05, 0.1) is 16.2 Å². The van der Waals surface area contributed by atoms with Gasteiger partial charge in [0.15, 0.2) is 0 Å². The van der Waals surface area contributed by atoms with Crippen LogP contribution in [0.3, 0.4) is 0 Å². The van der Waals surface area contributed by atoms with Crippen molar-refractivity contribution < 1.29 is 14.7 Å². The van der Waals surface area contributed by atoms with Crippen molar-refractivity contribution in [2.45, 2.75) is 37.9 Å². The topological polar surface area (TPSA) is 57.6 Å². The van der Waals surface area contributed by atoms with E-state index in [0.717, 1.165) is 37.0 Å². The number of amides is 2. The lowest BCUT2D eigenvalue weighted by molar-refractivity contribution is 0.0617. The number of rotatable bonds is 3. The molecule has 1 aliphatic heterocycles. The predicted octanol–water partition coefficient (Wildman–Crippen LogP) is 3.01. The summed E-state index contributed by atoms with van der Waals surface area (Å²) in [7, 11) is 0. The standard InChI is InChI=1S/C17H21NO3S/c1-11(19)22-13-8-6-12(7-9-13)10-18-16(20)14-4-2-3-5-15(14)17(18)21/h2-5,12-13,19,22H,6-10H2,1H3. The summed E-state index contributed by atoms with van der Waals surface area (Å²) in [5.41, 5.74) is 1.07. The van der Waals surface area contributed by atoms with Crippen LogP contribution in [0.5, 0.6) is 0 Å². The van der Waals surface area contributed by atoms with Crippen molar-refractivity contribution in [1.29, 1.82) is 0 Å². The molecule has 0 atom stereocenters. The molecule has 1 heterocycles. The maximum Gasteiger partial charge on any atom is 0.261 e. The van der Waals surface area contributed by atoms with E-state index in [1.165, 1.54) is 4.90 Å². The number of hydrogen-bond donors (Lipinski definition) is 2. The van der Waals surface area contributed by atoms with Crippen molar-refractivity contribution in [3.63, 3.8) is 0 Å². The van der Waals surface area contributed by atoms with Gasteiger partial charge in [-0.25, -0.2) is 0 Å². The number of fused-ring (bicyclic) bond motifs is 1. The third-order valence-electron chi connectivity index (χ3n) is 4.50. The molecule has 0 aromatic heterocycles. The van der Waals surface area contributed by atoms with E-state index < -0.39 is 0 Å². The van der Waals surface area contributed by atoms with Gasteiger partial charge in [0.1, 0.15) is 0 Å². The van der Waals surface area contributed by atoms with Gasteiger partial charge in [-0.1, -0.05) is 12.1 Å². The molecular weight excluding hydrogens is 298 g/mol. The molecule has 1 aliphatic carbocycles. The van der Waals surface area contributed by atoms with Crippen molar-refractivity contribution in [1.82, 2.24) is 4.90 Å². The van der Waals surface area contributed by atoms with Crippen LogP contribution in [0.1, 0.15) is 53.3 Å². The molecule has 0 saturated heterocycles. The van der Waals surface area contributed by atoms with Crippen molar-refractivity contribution in [2.24, 2.45) is 5.92 Å². The molecule has 0 bridgehead atoms. The third kappa shape index (κ3) is 3.01. The number of carbonyl (C=O) groups is 2. The molecule has 0 spiro atoms. The fourth-order valence-electron chi connectivity index (χ4n) is 3.38. The third-order valence-corrected chi connectivity index (χ3v) is 5.76. The lowest BCUT2D eigenvalue weighted by atomic mass is 9.88. The SMILES string of the molecule is CC(O)=[SH]C1CCC(CN2C(=O)c3ccccc3C2=O)CC1. The van der Waals surface area contributed by atoms with Crippen LogP contribution in [-0.2, 0) is 0 Å². The van der Waals surface area contributed by atoms with Crippen LogP contribution in [0.4, 0.5) is 0 Å². The summed E-state index contributed by atoms with van der Waals surface area (Å²) < 4.78 is 0. The lowest BCUT2D eigenvalue weighted by Gasteiger charge is -2.29. The Labute approximate surface area is 134 Å². The van der Waals surface area contributed by atoms with Crippen LogP contribution in [-0.4, -0.2) is 38.7 Å². The van der Waals surface area contributed by atoms with Crippen LogP contribution >= 0.6 is 11.4 Å². The minimum atomic E-state index is -0.152. The van der Waals surface area contributed by atoms with Gasteiger partial charge in [-0.15, -0.1) is 0 Å². The molecule has 118 valence electrons. The maximum absolute atomic E-state index is 12.4. The summed E-state index contributed by atoms with van der Waals surface area (Å²) in [5.74, 6) is 0.0773. The van der Waals surface area contributed by atoms with E-state index >= 15 is 0 Å². The molecule has 0 radical (unpaired) electrons. The van der Waals surface area contributed by atoms with Gasteiger partial charge in [0, 0.05) is 6.54 Å². The Morgan fingerprint density at radius 2 is 1.68 bits per heavy atom. The Balaban J connectivity index is 1.63. The molecule has 22 heavy (non-hydrogen) atoms. The molecular formula is C17H21NO3S. The number of nitrogens with zero attached hydrogens (tertiary/aromatic N) is 1. The Hall–Kier alpha value is -1.46. The smallest absolute Gasteiger partial charge is 0.261 e. The van der Waals surface area contributed by atoms with Gasteiger partial charge in [-0.3, -0.25) is 14.5 Å². The number of aliphatic hydroxyl groups is 1. The quantitative estimate of drug-likeness (QED) is 0.511. The summed E-state index contributed by atoms with van der Waals surface area (Å²) >= 11 is 1.03. The normalized spacial score (nSPS) is 25.9. The Bertz CT molecular complexity index is 594. The molecule has 1 aromatic carbocycles. The zero-order valence-electron chi connectivity index (χ0n) is 12.7. The van der Waals surface area contributed by atoms with Gasteiger partial charge >= 0.3 is 0 Å². The van der Waals surface area contributed by atoms with Gasteiger partial charge < -0.3 is 5.11 Å². The predicted molar refractivity (Wildman–Crippen MR) is 89.9 cm³/mol. The van der Waals surface area contributed by atoms with E-state index in [9.17, 15) is 14.7 Å². The van der Waals surface area contributed by atoms with Crippen molar-refractivity contribution in [2.75, 3.05) is 6.54 Å². The molecule has 3 rings (SSSR count). The number of imide groups is 1. The van der Waals surface area contributed by atoms with Crippen molar-refractivity contribution in [3.05, 3.63) is 35.4 Å². The first kappa shape index (κ1) is 15.4. The maximum atomic E-state index is 12.4.